The summed E-state index contributed by atoms with van der Waals surface area (Å²) in [6, 6.07) is 4.13. The van der Waals surface area contributed by atoms with Crippen LogP contribution in [-0.2, 0) is 6.42 Å². The molecule has 4 nitrogen and oxygen atoms in total. The molecule has 0 aromatic carbocycles. The molecule has 0 radical (unpaired) electrons. The van der Waals surface area contributed by atoms with E-state index in [9.17, 15) is 0 Å². The van der Waals surface area contributed by atoms with Crippen molar-refractivity contribution in [2.45, 2.75) is 13.3 Å². The van der Waals surface area contributed by atoms with Gasteiger partial charge >= 0.3 is 0 Å². The SMILES string of the molecule is CCc1ccc(-c2nc(N)n[nH]2)s1. The summed E-state index contributed by atoms with van der Waals surface area (Å²) in [4.78, 5) is 6.47. The van der Waals surface area contributed by atoms with Crippen LogP contribution < -0.4 is 5.73 Å². The molecule has 0 spiro atoms. The highest BCUT2D eigenvalue weighted by atomic mass is 32.1. The Balaban J connectivity index is 2.35. The first-order valence-electron chi connectivity index (χ1n) is 4.06. The molecule has 0 aliphatic rings. The molecule has 2 aromatic heterocycles. The second-order valence-electron chi connectivity index (χ2n) is 2.66. The highest BCUT2D eigenvalue weighted by molar-refractivity contribution is 7.15. The lowest BCUT2D eigenvalue weighted by Gasteiger charge is -1.86. The number of aromatic amines is 1. The van der Waals surface area contributed by atoms with Gasteiger partial charge < -0.3 is 5.73 Å². The van der Waals surface area contributed by atoms with E-state index in [2.05, 4.69) is 28.2 Å². The smallest absolute Gasteiger partial charge is 0.239 e. The monoisotopic (exact) mass is 194 g/mol. The number of H-pyrrole nitrogens is 1. The van der Waals surface area contributed by atoms with Crippen LogP contribution in [0.2, 0.25) is 0 Å². The Kier molecular flexibility index (Phi) is 2.02. The third kappa shape index (κ3) is 1.55. The molecule has 0 atom stereocenters. The second-order valence-corrected chi connectivity index (χ2v) is 3.83. The van der Waals surface area contributed by atoms with Gasteiger partial charge in [-0.1, -0.05) is 6.92 Å². The molecule has 0 aliphatic heterocycles. The maximum absolute atomic E-state index is 5.41. The van der Waals surface area contributed by atoms with Gasteiger partial charge in [0.2, 0.25) is 5.95 Å². The lowest BCUT2D eigenvalue weighted by Crippen LogP contribution is -1.84. The lowest BCUT2D eigenvalue weighted by atomic mass is 10.3. The van der Waals surface area contributed by atoms with Crippen molar-refractivity contribution in [3.8, 4) is 10.7 Å². The highest BCUT2D eigenvalue weighted by Gasteiger charge is 2.05. The molecule has 0 fully saturated rings. The zero-order valence-electron chi connectivity index (χ0n) is 7.24. The van der Waals surface area contributed by atoms with Crippen molar-refractivity contribution >= 4 is 17.3 Å². The van der Waals surface area contributed by atoms with Gasteiger partial charge in [0, 0.05) is 4.88 Å². The molecule has 2 rings (SSSR count). The first-order chi connectivity index (χ1) is 6.29. The van der Waals surface area contributed by atoms with Crippen LogP contribution in [0.5, 0.6) is 0 Å². The maximum Gasteiger partial charge on any atom is 0.239 e. The summed E-state index contributed by atoms with van der Waals surface area (Å²) in [6.07, 6.45) is 1.05. The summed E-state index contributed by atoms with van der Waals surface area (Å²) in [5.41, 5.74) is 5.41. The average Bonchev–Trinajstić information content (AvgIpc) is 2.71. The highest BCUT2D eigenvalue weighted by Crippen LogP contribution is 2.25. The Morgan fingerprint density at radius 2 is 2.38 bits per heavy atom. The van der Waals surface area contributed by atoms with Gasteiger partial charge in [-0.05, 0) is 18.6 Å². The van der Waals surface area contributed by atoms with Gasteiger partial charge in [-0.15, -0.1) is 16.4 Å². The lowest BCUT2D eigenvalue weighted by molar-refractivity contribution is 1.11. The molecule has 2 aromatic rings. The van der Waals surface area contributed by atoms with Crippen LogP contribution in [0.1, 0.15) is 11.8 Å². The van der Waals surface area contributed by atoms with E-state index in [0.29, 0.717) is 5.95 Å². The van der Waals surface area contributed by atoms with Gasteiger partial charge in [0.15, 0.2) is 5.82 Å². The molecule has 0 amide bonds. The van der Waals surface area contributed by atoms with Crippen LogP contribution in [0, 0.1) is 0 Å². The predicted molar refractivity (Wildman–Crippen MR) is 53.5 cm³/mol. The summed E-state index contributed by atoms with van der Waals surface area (Å²) >= 11 is 1.71. The van der Waals surface area contributed by atoms with E-state index in [1.165, 1.54) is 4.88 Å². The number of aromatic nitrogens is 3. The third-order valence-corrected chi connectivity index (χ3v) is 2.98. The van der Waals surface area contributed by atoms with Crippen molar-refractivity contribution in [3.63, 3.8) is 0 Å². The first kappa shape index (κ1) is 8.25. The number of nitrogens with one attached hydrogen (secondary N) is 1. The van der Waals surface area contributed by atoms with Crippen molar-refractivity contribution < 1.29 is 0 Å². The summed E-state index contributed by atoms with van der Waals surface area (Å²) in [5, 5.41) is 6.56. The molecule has 0 aliphatic carbocycles. The van der Waals surface area contributed by atoms with E-state index >= 15 is 0 Å². The van der Waals surface area contributed by atoms with E-state index in [1.807, 2.05) is 6.07 Å². The normalized spacial score (nSPS) is 10.5. The quantitative estimate of drug-likeness (QED) is 0.764. The molecule has 5 heteroatoms. The Morgan fingerprint density at radius 1 is 1.54 bits per heavy atom. The third-order valence-electron chi connectivity index (χ3n) is 1.75. The van der Waals surface area contributed by atoms with Gasteiger partial charge in [0.1, 0.15) is 0 Å². The van der Waals surface area contributed by atoms with E-state index < -0.39 is 0 Å². The number of aryl methyl sites for hydroxylation is 1. The van der Waals surface area contributed by atoms with Crippen LogP contribution in [-0.4, -0.2) is 15.2 Å². The minimum absolute atomic E-state index is 0.293. The Hall–Kier alpha value is -1.36. The standard InChI is InChI=1S/C8H10N4S/c1-2-5-3-4-6(13-5)7-10-8(9)12-11-7/h3-4H,2H2,1H3,(H3,9,10,11,12). The number of nitrogens with two attached hydrogens (primary N) is 1. The molecule has 2 heterocycles. The largest absolute Gasteiger partial charge is 0.366 e. The zero-order valence-corrected chi connectivity index (χ0v) is 8.06. The summed E-state index contributed by atoms with van der Waals surface area (Å²) in [6.45, 7) is 2.13. The van der Waals surface area contributed by atoms with Crippen molar-refractivity contribution in [2.75, 3.05) is 5.73 Å². The molecule has 68 valence electrons. The van der Waals surface area contributed by atoms with Gasteiger partial charge in [-0.3, -0.25) is 5.10 Å². The second kappa shape index (κ2) is 3.18. The number of hydrogen-bond donors (Lipinski definition) is 2. The fourth-order valence-corrected chi connectivity index (χ4v) is 1.97. The number of nitrogens with zero attached hydrogens (tertiary/aromatic N) is 2. The van der Waals surface area contributed by atoms with Crippen LogP contribution in [0.15, 0.2) is 12.1 Å². The van der Waals surface area contributed by atoms with Crippen molar-refractivity contribution in [1.29, 1.82) is 0 Å². The molecule has 13 heavy (non-hydrogen) atoms. The van der Waals surface area contributed by atoms with Crippen LogP contribution in [0.3, 0.4) is 0 Å². The molecule has 3 N–H and O–H groups in total. The van der Waals surface area contributed by atoms with E-state index in [0.717, 1.165) is 17.1 Å². The van der Waals surface area contributed by atoms with Crippen LogP contribution in [0.25, 0.3) is 10.7 Å². The topological polar surface area (TPSA) is 67.6 Å². The molecule has 0 unspecified atom stereocenters. The maximum atomic E-state index is 5.41. The van der Waals surface area contributed by atoms with Gasteiger partial charge in [-0.2, -0.15) is 4.98 Å². The average molecular weight is 194 g/mol. The van der Waals surface area contributed by atoms with Gasteiger partial charge in [0.05, 0.1) is 4.88 Å². The predicted octanol–water partition coefficient (Wildman–Crippen LogP) is 1.68. The fourth-order valence-electron chi connectivity index (χ4n) is 1.08. The Labute approximate surface area is 79.8 Å². The number of nitrogen functional groups attached to an aromatic ring is 1. The molecule has 0 bridgehead atoms. The van der Waals surface area contributed by atoms with E-state index in [-0.39, 0.29) is 0 Å². The minimum atomic E-state index is 0.293. The van der Waals surface area contributed by atoms with E-state index in [4.69, 9.17) is 5.73 Å². The number of hydrogen-bond acceptors (Lipinski definition) is 4. The minimum Gasteiger partial charge on any atom is -0.366 e. The van der Waals surface area contributed by atoms with Crippen LogP contribution in [0.4, 0.5) is 5.95 Å². The number of thiophene rings is 1. The van der Waals surface area contributed by atoms with E-state index in [1.54, 1.807) is 11.3 Å². The number of anilines is 1. The zero-order chi connectivity index (χ0) is 9.26. The Morgan fingerprint density at radius 3 is 2.92 bits per heavy atom. The molecule has 0 saturated carbocycles. The molecule has 0 saturated heterocycles. The number of rotatable bonds is 2. The van der Waals surface area contributed by atoms with Crippen LogP contribution >= 0.6 is 11.3 Å². The summed E-state index contributed by atoms with van der Waals surface area (Å²) < 4.78 is 0. The van der Waals surface area contributed by atoms with Crippen molar-refractivity contribution in [2.24, 2.45) is 0 Å². The van der Waals surface area contributed by atoms with Crippen molar-refractivity contribution in [3.05, 3.63) is 17.0 Å². The first-order valence-corrected chi connectivity index (χ1v) is 4.88. The van der Waals surface area contributed by atoms with Gasteiger partial charge in [0.25, 0.3) is 0 Å². The fraction of sp³-hybridized carbons (Fsp3) is 0.250. The summed E-state index contributed by atoms with van der Waals surface area (Å²) in [7, 11) is 0. The Bertz CT molecular complexity index is 404. The molecular weight excluding hydrogens is 184 g/mol. The molecular formula is C8H10N4S. The summed E-state index contributed by atoms with van der Waals surface area (Å²) in [5.74, 6) is 1.05. The van der Waals surface area contributed by atoms with Gasteiger partial charge in [-0.25, -0.2) is 0 Å². The van der Waals surface area contributed by atoms with Crippen molar-refractivity contribution in [1.82, 2.24) is 15.2 Å².